The van der Waals surface area contributed by atoms with E-state index in [9.17, 15) is 4.79 Å². The summed E-state index contributed by atoms with van der Waals surface area (Å²) in [6.07, 6.45) is 0.110. The summed E-state index contributed by atoms with van der Waals surface area (Å²) in [4.78, 5) is 13.2. The third-order valence-corrected chi connectivity index (χ3v) is 2.81. The number of nitrogens with one attached hydrogen (secondary N) is 1. The van der Waals surface area contributed by atoms with Gasteiger partial charge in [-0.3, -0.25) is 9.63 Å². The maximum Gasteiger partial charge on any atom is 0.271 e. The van der Waals surface area contributed by atoms with Crippen LogP contribution in [-0.2, 0) is 11.2 Å². The van der Waals surface area contributed by atoms with Crippen LogP contribution in [0.15, 0.2) is 24.3 Å². The number of alkyl halides is 2. The third kappa shape index (κ3) is 3.17. The zero-order chi connectivity index (χ0) is 12.2. The Balaban J connectivity index is 2.91. The van der Waals surface area contributed by atoms with E-state index in [2.05, 4.69) is 0 Å². The lowest BCUT2D eigenvalue weighted by atomic mass is 10.1. The molecule has 16 heavy (non-hydrogen) atoms. The number of ether oxygens (including phenoxy) is 1. The predicted molar refractivity (Wildman–Crippen MR) is 65.1 cm³/mol. The lowest BCUT2D eigenvalue weighted by molar-refractivity contribution is -0.120. The van der Waals surface area contributed by atoms with Gasteiger partial charge in [0.15, 0.2) is 0 Å². The molecule has 0 spiro atoms. The van der Waals surface area contributed by atoms with E-state index < -0.39 is 10.2 Å². The zero-order valence-corrected chi connectivity index (χ0v) is 10.7. The maximum absolute atomic E-state index is 11.3. The Labute approximate surface area is 109 Å². The summed E-state index contributed by atoms with van der Waals surface area (Å²) in [5, 5.41) is 0. The molecule has 0 saturated carbocycles. The Morgan fingerprint density at radius 3 is 2.62 bits per heavy atom. The van der Waals surface area contributed by atoms with E-state index in [1.165, 1.54) is 7.11 Å². The molecule has 88 valence electrons. The van der Waals surface area contributed by atoms with Crippen LogP contribution in [0.25, 0.3) is 0 Å². The highest BCUT2D eigenvalue weighted by Gasteiger charge is 2.34. The maximum atomic E-state index is 11.3. The fourth-order valence-electron chi connectivity index (χ4n) is 1.24. The van der Waals surface area contributed by atoms with E-state index >= 15 is 0 Å². The smallest absolute Gasteiger partial charge is 0.271 e. The molecule has 0 saturated heterocycles. The van der Waals surface area contributed by atoms with Gasteiger partial charge in [-0.05, 0) is 11.6 Å². The minimum Gasteiger partial charge on any atom is -0.496 e. The molecule has 1 N–H and O–H groups in total. The molecule has 0 fully saturated rings. The molecule has 0 unspecified atom stereocenters. The highest BCUT2D eigenvalue weighted by Crippen LogP contribution is 2.30. The summed E-state index contributed by atoms with van der Waals surface area (Å²) in [5.74, 6) is -0.0426. The molecular weight excluding hydrogens is 272 g/mol. The summed E-state index contributed by atoms with van der Waals surface area (Å²) < 4.78 is 3.51. The van der Waals surface area contributed by atoms with Gasteiger partial charge in [0, 0.05) is 18.2 Å². The minimum absolute atomic E-state index is 0.110. The van der Waals surface area contributed by atoms with Crippen molar-refractivity contribution in [1.29, 1.82) is 0 Å². The van der Waals surface area contributed by atoms with E-state index in [1.54, 1.807) is 18.2 Å². The van der Waals surface area contributed by atoms with Crippen LogP contribution in [0.5, 0.6) is 5.75 Å². The molecule has 0 bridgehead atoms. The SMILES string of the molecule is COc1ccccc1CC(Cl)(Cl)C(=O)NCl. The predicted octanol–water partition coefficient (Wildman–Crippen LogP) is 2.68. The normalized spacial score (nSPS) is 11.0. The van der Waals surface area contributed by atoms with Gasteiger partial charge in [0.2, 0.25) is 4.33 Å². The van der Waals surface area contributed by atoms with E-state index in [0.717, 1.165) is 5.56 Å². The monoisotopic (exact) mass is 281 g/mol. The first kappa shape index (κ1) is 13.4. The molecule has 1 aromatic carbocycles. The summed E-state index contributed by atoms with van der Waals surface area (Å²) >= 11 is 16.9. The third-order valence-electron chi connectivity index (χ3n) is 2.02. The molecule has 3 nitrogen and oxygen atoms in total. The lowest BCUT2D eigenvalue weighted by Crippen LogP contribution is -2.35. The number of halogens is 3. The molecule has 0 aliphatic carbocycles. The first-order valence-electron chi connectivity index (χ1n) is 4.42. The molecule has 0 aliphatic heterocycles. The van der Waals surface area contributed by atoms with Crippen LogP contribution in [0.1, 0.15) is 5.56 Å². The molecule has 0 aliphatic rings. The van der Waals surface area contributed by atoms with E-state index in [0.29, 0.717) is 5.75 Å². The zero-order valence-electron chi connectivity index (χ0n) is 8.47. The van der Waals surface area contributed by atoms with Gasteiger partial charge in [-0.2, -0.15) is 0 Å². The van der Waals surface area contributed by atoms with Crippen LogP contribution in [0.2, 0.25) is 0 Å². The van der Waals surface area contributed by atoms with E-state index in [1.807, 2.05) is 10.9 Å². The van der Waals surface area contributed by atoms with Gasteiger partial charge in [-0.15, -0.1) is 0 Å². The topological polar surface area (TPSA) is 38.3 Å². The molecule has 1 rings (SSSR count). The Bertz CT molecular complexity index is 382. The number of methoxy groups -OCH3 is 1. The minimum atomic E-state index is -1.61. The molecule has 6 heteroatoms. The quantitative estimate of drug-likeness (QED) is 0.681. The summed E-state index contributed by atoms with van der Waals surface area (Å²) in [6.45, 7) is 0. The van der Waals surface area contributed by atoms with Crippen LogP contribution in [-0.4, -0.2) is 17.4 Å². The van der Waals surface area contributed by atoms with Gasteiger partial charge in [-0.25, -0.2) is 0 Å². The molecule has 1 amide bonds. The van der Waals surface area contributed by atoms with Crippen molar-refractivity contribution in [2.24, 2.45) is 0 Å². The fraction of sp³-hybridized carbons (Fsp3) is 0.300. The number of hydrogen-bond donors (Lipinski definition) is 1. The molecule has 0 heterocycles. The van der Waals surface area contributed by atoms with Crippen LogP contribution in [0.3, 0.4) is 0 Å². The molecule has 1 aromatic rings. The van der Waals surface area contributed by atoms with Crippen molar-refractivity contribution in [2.75, 3.05) is 7.11 Å². The molecule has 0 radical (unpaired) electrons. The van der Waals surface area contributed by atoms with Crippen LogP contribution in [0.4, 0.5) is 0 Å². The van der Waals surface area contributed by atoms with Gasteiger partial charge >= 0.3 is 0 Å². The van der Waals surface area contributed by atoms with Crippen molar-refractivity contribution < 1.29 is 9.53 Å². The second-order valence-corrected chi connectivity index (χ2v) is 4.79. The average molecular weight is 283 g/mol. The van der Waals surface area contributed by atoms with E-state index in [4.69, 9.17) is 39.7 Å². The van der Waals surface area contributed by atoms with E-state index in [-0.39, 0.29) is 6.42 Å². The van der Waals surface area contributed by atoms with Gasteiger partial charge in [0.25, 0.3) is 5.91 Å². The Hall–Kier alpha value is -0.640. The fourth-order valence-corrected chi connectivity index (χ4v) is 1.88. The second-order valence-electron chi connectivity index (χ2n) is 3.12. The Morgan fingerprint density at radius 2 is 2.06 bits per heavy atom. The van der Waals surface area contributed by atoms with Gasteiger partial charge in [0.1, 0.15) is 5.75 Å². The van der Waals surface area contributed by atoms with Crippen LogP contribution in [0, 0.1) is 0 Å². The number of para-hydroxylation sites is 1. The second kappa shape index (κ2) is 5.62. The van der Waals surface area contributed by atoms with Crippen molar-refractivity contribution in [3.8, 4) is 5.75 Å². The van der Waals surface area contributed by atoms with Crippen molar-refractivity contribution in [3.05, 3.63) is 29.8 Å². The van der Waals surface area contributed by atoms with Crippen molar-refractivity contribution in [3.63, 3.8) is 0 Å². The number of rotatable bonds is 4. The van der Waals surface area contributed by atoms with Crippen LogP contribution < -0.4 is 9.57 Å². The highest BCUT2D eigenvalue weighted by molar-refractivity contribution is 6.59. The first-order valence-corrected chi connectivity index (χ1v) is 5.55. The van der Waals surface area contributed by atoms with Crippen molar-refractivity contribution >= 4 is 40.9 Å². The standard InChI is InChI=1S/C10H10Cl3NO2/c1-16-8-5-3-2-4-7(8)6-10(11,12)9(15)14-13/h2-5H,6H2,1H3,(H,14,15). The highest BCUT2D eigenvalue weighted by atomic mass is 35.5. The summed E-state index contributed by atoms with van der Waals surface area (Å²) in [7, 11) is 1.53. The molecular formula is C10H10Cl3NO2. The first-order chi connectivity index (χ1) is 7.51. The molecule has 0 aromatic heterocycles. The van der Waals surface area contributed by atoms with Gasteiger partial charge in [-0.1, -0.05) is 41.4 Å². The van der Waals surface area contributed by atoms with Gasteiger partial charge in [0.05, 0.1) is 7.11 Å². The van der Waals surface area contributed by atoms with Crippen molar-refractivity contribution in [1.82, 2.24) is 4.84 Å². The lowest BCUT2D eigenvalue weighted by Gasteiger charge is -2.18. The number of hydrogen-bond acceptors (Lipinski definition) is 2. The Kier molecular flexibility index (Phi) is 4.71. The van der Waals surface area contributed by atoms with Crippen molar-refractivity contribution in [2.45, 2.75) is 10.8 Å². The summed E-state index contributed by atoms with van der Waals surface area (Å²) in [5.41, 5.74) is 0.732. The summed E-state index contributed by atoms with van der Waals surface area (Å²) in [6, 6.07) is 7.16. The van der Waals surface area contributed by atoms with Crippen LogP contribution >= 0.6 is 35.0 Å². The largest absolute Gasteiger partial charge is 0.496 e. The Morgan fingerprint density at radius 1 is 1.44 bits per heavy atom. The number of carbonyl (C=O) groups is 1. The number of amides is 1. The number of carbonyl (C=O) groups excluding carboxylic acids is 1. The average Bonchev–Trinajstić information content (AvgIpc) is 2.28. The van der Waals surface area contributed by atoms with Gasteiger partial charge < -0.3 is 4.74 Å². The molecule has 0 atom stereocenters. The number of benzene rings is 1.